The lowest BCUT2D eigenvalue weighted by Gasteiger charge is -2.06. The zero-order chi connectivity index (χ0) is 13.3. The molecule has 0 saturated carbocycles. The second-order valence-electron chi connectivity index (χ2n) is 3.52. The molecule has 92 valence electrons. The first-order chi connectivity index (χ1) is 8.47. The van der Waals surface area contributed by atoms with Crippen molar-refractivity contribution >= 4 is 17.6 Å². The summed E-state index contributed by atoms with van der Waals surface area (Å²) >= 11 is 5.59. The highest BCUT2D eigenvalue weighted by Crippen LogP contribution is 2.26. The molecule has 0 aliphatic heterocycles. The van der Waals surface area contributed by atoms with Gasteiger partial charge in [-0.3, -0.25) is 0 Å². The molecule has 18 heavy (non-hydrogen) atoms. The average Bonchev–Trinajstić information content (AvgIpc) is 2.27. The lowest BCUT2D eigenvalue weighted by molar-refractivity contribution is 0.0697. The molecule has 1 aromatic heterocycles. The molecule has 0 unspecified atom stereocenters. The molecule has 0 fully saturated rings. The highest BCUT2D eigenvalue weighted by atomic mass is 35.5. The third kappa shape index (κ3) is 2.46. The molecule has 0 saturated heterocycles. The molecular formula is C12H6ClF2NO2. The Kier molecular flexibility index (Phi) is 3.25. The number of pyridine rings is 1. The van der Waals surface area contributed by atoms with Gasteiger partial charge in [0, 0.05) is 17.8 Å². The van der Waals surface area contributed by atoms with Crippen LogP contribution >= 0.6 is 11.6 Å². The summed E-state index contributed by atoms with van der Waals surface area (Å²) < 4.78 is 26.2. The monoisotopic (exact) mass is 269 g/mol. The molecule has 0 aliphatic carbocycles. The Balaban J connectivity index is 2.66. The molecule has 2 aromatic rings. The third-order valence-corrected chi connectivity index (χ3v) is 2.48. The van der Waals surface area contributed by atoms with E-state index in [9.17, 15) is 13.6 Å². The molecular weight excluding hydrogens is 264 g/mol. The van der Waals surface area contributed by atoms with Crippen molar-refractivity contribution in [3.8, 4) is 11.1 Å². The van der Waals surface area contributed by atoms with Gasteiger partial charge in [0.1, 0.15) is 16.8 Å². The Morgan fingerprint density at radius 2 is 1.78 bits per heavy atom. The van der Waals surface area contributed by atoms with Gasteiger partial charge in [0.2, 0.25) is 0 Å². The number of halogens is 3. The Morgan fingerprint density at radius 1 is 1.17 bits per heavy atom. The first-order valence-electron chi connectivity index (χ1n) is 4.82. The Morgan fingerprint density at radius 3 is 2.33 bits per heavy atom. The standard InChI is InChI=1S/C12H6ClF2NO2/c13-11-4-9(12(17)18)10(5-16-11)6-1-7(14)3-8(15)2-6/h1-5H,(H,17,18). The topological polar surface area (TPSA) is 50.2 Å². The van der Waals surface area contributed by atoms with Gasteiger partial charge in [-0.1, -0.05) is 11.6 Å². The molecule has 0 spiro atoms. The van der Waals surface area contributed by atoms with Crippen molar-refractivity contribution < 1.29 is 18.7 Å². The fraction of sp³-hybridized carbons (Fsp3) is 0. The van der Waals surface area contributed by atoms with Gasteiger partial charge in [-0.25, -0.2) is 18.6 Å². The van der Waals surface area contributed by atoms with Crippen molar-refractivity contribution in [2.24, 2.45) is 0 Å². The molecule has 0 aliphatic rings. The molecule has 1 N–H and O–H groups in total. The molecule has 3 nitrogen and oxygen atoms in total. The smallest absolute Gasteiger partial charge is 0.336 e. The lowest BCUT2D eigenvalue weighted by atomic mass is 10.0. The van der Waals surface area contributed by atoms with Gasteiger partial charge in [0.05, 0.1) is 5.56 Å². The molecule has 1 heterocycles. The van der Waals surface area contributed by atoms with E-state index in [0.29, 0.717) is 6.07 Å². The van der Waals surface area contributed by atoms with Crippen LogP contribution in [0.1, 0.15) is 10.4 Å². The number of rotatable bonds is 2. The van der Waals surface area contributed by atoms with Gasteiger partial charge in [-0.2, -0.15) is 0 Å². The molecule has 0 bridgehead atoms. The number of aromatic carboxylic acids is 1. The normalized spacial score (nSPS) is 10.4. The highest BCUT2D eigenvalue weighted by Gasteiger charge is 2.14. The highest BCUT2D eigenvalue weighted by molar-refractivity contribution is 6.29. The van der Waals surface area contributed by atoms with Gasteiger partial charge in [-0.05, 0) is 23.8 Å². The summed E-state index contributed by atoms with van der Waals surface area (Å²) in [5, 5.41) is 9.01. The summed E-state index contributed by atoms with van der Waals surface area (Å²) in [7, 11) is 0. The molecule has 0 atom stereocenters. The van der Waals surface area contributed by atoms with Gasteiger partial charge in [-0.15, -0.1) is 0 Å². The van der Waals surface area contributed by atoms with E-state index in [-0.39, 0.29) is 21.8 Å². The van der Waals surface area contributed by atoms with Crippen molar-refractivity contribution in [1.82, 2.24) is 4.98 Å². The van der Waals surface area contributed by atoms with Crippen LogP contribution in [0.4, 0.5) is 8.78 Å². The van der Waals surface area contributed by atoms with Gasteiger partial charge < -0.3 is 5.11 Å². The summed E-state index contributed by atoms with van der Waals surface area (Å²) in [6.07, 6.45) is 1.17. The van der Waals surface area contributed by atoms with Crippen LogP contribution in [-0.4, -0.2) is 16.1 Å². The number of hydrogen-bond donors (Lipinski definition) is 1. The molecule has 2 rings (SSSR count). The van der Waals surface area contributed by atoms with Crippen LogP contribution in [0, 0.1) is 11.6 Å². The van der Waals surface area contributed by atoms with E-state index in [0.717, 1.165) is 18.2 Å². The van der Waals surface area contributed by atoms with Crippen molar-refractivity contribution in [1.29, 1.82) is 0 Å². The van der Waals surface area contributed by atoms with E-state index in [1.54, 1.807) is 0 Å². The second kappa shape index (κ2) is 4.70. The number of carbonyl (C=O) groups is 1. The minimum atomic E-state index is -1.25. The van der Waals surface area contributed by atoms with Crippen LogP contribution in [0.3, 0.4) is 0 Å². The number of carboxylic acid groups (broad SMARTS) is 1. The maximum absolute atomic E-state index is 13.1. The number of benzene rings is 1. The van der Waals surface area contributed by atoms with Crippen LogP contribution < -0.4 is 0 Å². The van der Waals surface area contributed by atoms with Gasteiger partial charge in [0.25, 0.3) is 0 Å². The predicted molar refractivity (Wildman–Crippen MR) is 61.6 cm³/mol. The number of aromatic nitrogens is 1. The summed E-state index contributed by atoms with van der Waals surface area (Å²) in [5.41, 5.74) is 0.0272. The van der Waals surface area contributed by atoms with E-state index < -0.39 is 17.6 Å². The summed E-state index contributed by atoms with van der Waals surface area (Å²) in [5.74, 6) is -2.84. The summed E-state index contributed by atoms with van der Waals surface area (Å²) in [6.45, 7) is 0. The van der Waals surface area contributed by atoms with Crippen LogP contribution in [0.25, 0.3) is 11.1 Å². The molecule has 6 heteroatoms. The van der Waals surface area contributed by atoms with Crippen molar-refractivity contribution in [2.75, 3.05) is 0 Å². The quantitative estimate of drug-likeness (QED) is 0.850. The Hall–Kier alpha value is -2.01. The minimum absolute atomic E-state index is 0.00646. The molecule has 0 amide bonds. The minimum Gasteiger partial charge on any atom is -0.478 e. The fourth-order valence-corrected chi connectivity index (χ4v) is 1.70. The van der Waals surface area contributed by atoms with Crippen molar-refractivity contribution in [3.05, 3.63) is 52.8 Å². The van der Waals surface area contributed by atoms with Crippen LogP contribution in [0.5, 0.6) is 0 Å². The van der Waals surface area contributed by atoms with E-state index in [2.05, 4.69) is 4.98 Å². The number of nitrogens with zero attached hydrogens (tertiary/aromatic N) is 1. The Bertz CT molecular complexity index is 611. The zero-order valence-corrected chi connectivity index (χ0v) is 9.58. The maximum atomic E-state index is 13.1. The third-order valence-electron chi connectivity index (χ3n) is 2.27. The SMILES string of the molecule is O=C(O)c1cc(Cl)ncc1-c1cc(F)cc(F)c1. The van der Waals surface area contributed by atoms with Crippen molar-refractivity contribution in [2.45, 2.75) is 0 Å². The largest absolute Gasteiger partial charge is 0.478 e. The number of carboxylic acids is 1. The summed E-state index contributed by atoms with van der Waals surface area (Å²) in [6, 6.07) is 3.89. The lowest BCUT2D eigenvalue weighted by Crippen LogP contribution is -2.01. The second-order valence-corrected chi connectivity index (χ2v) is 3.90. The predicted octanol–water partition coefficient (Wildman–Crippen LogP) is 3.38. The van der Waals surface area contributed by atoms with Crippen LogP contribution in [0.15, 0.2) is 30.5 Å². The molecule has 1 aromatic carbocycles. The van der Waals surface area contributed by atoms with Crippen molar-refractivity contribution in [3.63, 3.8) is 0 Å². The fourth-order valence-electron chi connectivity index (χ4n) is 1.55. The first-order valence-corrected chi connectivity index (χ1v) is 5.20. The van der Waals surface area contributed by atoms with E-state index in [1.165, 1.54) is 6.20 Å². The number of hydrogen-bond acceptors (Lipinski definition) is 2. The van der Waals surface area contributed by atoms with Gasteiger partial charge in [0.15, 0.2) is 0 Å². The summed E-state index contributed by atoms with van der Waals surface area (Å²) in [4.78, 5) is 14.8. The molecule has 0 radical (unpaired) electrons. The average molecular weight is 270 g/mol. The van der Waals surface area contributed by atoms with Gasteiger partial charge >= 0.3 is 5.97 Å². The van der Waals surface area contributed by atoms with Crippen LogP contribution in [-0.2, 0) is 0 Å². The Labute approximate surface area is 106 Å². The van der Waals surface area contributed by atoms with E-state index in [4.69, 9.17) is 16.7 Å². The first kappa shape index (κ1) is 12.4. The van der Waals surface area contributed by atoms with E-state index in [1.807, 2.05) is 0 Å². The maximum Gasteiger partial charge on any atom is 0.336 e. The van der Waals surface area contributed by atoms with Crippen LogP contribution in [0.2, 0.25) is 5.15 Å². The van der Waals surface area contributed by atoms with E-state index >= 15 is 0 Å². The zero-order valence-electron chi connectivity index (χ0n) is 8.82.